The molecule has 1 aliphatic heterocycles. The third-order valence-corrected chi connectivity index (χ3v) is 5.14. The maximum atomic E-state index is 12.8. The third-order valence-electron chi connectivity index (χ3n) is 4.91. The number of amides is 2. The van der Waals surface area contributed by atoms with Gasteiger partial charge < -0.3 is 19.7 Å². The van der Waals surface area contributed by atoms with Crippen molar-refractivity contribution in [3.05, 3.63) is 64.2 Å². The van der Waals surface area contributed by atoms with E-state index in [4.69, 9.17) is 21.1 Å². The van der Waals surface area contributed by atoms with E-state index in [1.807, 2.05) is 44.7 Å². The van der Waals surface area contributed by atoms with Gasteiger partial charge in [0.2, 0.25) is 0 Å². The first-order chi connectivity index (χ1) is 14.7. The number of rotatable bonds is 6. The molecule has 2 amide bonds. The highest BCUT2D eigenvalue weighted by molar-refractivity contribution is 6.31. The van der Waals surface area contributed by atoms with Crippen LogP contribution in [0.4, 0.5) is 0 Å². The van der Waals surface area contributed by atoms with Crippen LogP contribution in [-0.2, 0) is 11.3 Å². The summed E-state index contributed by atoms with van der Waals surface area (Å²) in [5, 5.41) is 3.36. The number of hydrogen-bond donors (Lipinski definition) is 1. The van der Waals surface area contributed by atoms with E-state index in [1.54, 1.807) is 30.3 Å². The fraction of sp³-hybridized carbons (Fsp3) is 0.417. The van der Waals surface area contributed by atoms with Crippen LogP contribution in [-0.4, -0.2) is 48.1 Å². The van der Waals surface area contributed by atoms with Gasteiger partial charge in [-0.25, -0.2) is 0 Å². The maximum Gasteiger partial charge on any atom is 0.255 e. The van der Waals surface area contributed by atoms with Gasteiger partial charge in [-0.2, -0.15) is 0 Å². The molecule has 7 heteroatoms. The van der Waals surface area contributed by atoms with Crippen LogP contribution in [0.15, 0.2) is 42.5 Å². The fourth-order valence-corrected chi connectivity index (χ4v) is 3.78. The van der Waals surface area contributed by atoms with Gasteiger partial charge in [0.05, 0.1) is 23.9 Å². The van der Waals surface area contributed by atoms with Gasteiger partial charge in [0.15, 0.2) is 0 Å². The molecule has 2 atom stereocenters. The average Bonchev–Trinajstić information content (AvgIpc) is 2.72. The van der Waals surface area contributed by atoms with Crippen LogP contribution in [0.1, 0.15) is 54.0 Å². The molecule has 1 fully saturated rings. The zero-order valence-corrected chi connectivity index (χ0v) is 19.1. The van der Waals surface area contributed by atoms with Gasteiger partial charge in [-0.15, -0.1) is 0 Å². The van der Waals surface area contributed by atoms with E-state index in [0.717, 1.165) is 5.56 Å². The first-order valence-electron chi connectivity index (χ1n) is 10.5. The lowest BCUT2D eigenvalue weighted by Crippen LogP contribution is -2.48. The normalized spacial score (nSPS) is 18.7. The average molecular weight is 445 g/mol. The van der Waals surface area contributed by atoms with E-state index in [0.29, 0.717) is 41.5 Å². The lowest BCUT2D eigenvalue weighted by atomic mass is 10.1. The smallest absolute Gasteiger partial charge is 0.255 e. The molecule has 3 rings (SSSR count). The van der Waals surface area contributed by atoms with E-state index in [9.17, 15) is 9.59 Å². The molecular formula is C24H29ClN2O4. The molecular weight excluding hydrogens is 416 g/mol. The van der Waals surface area contributed by atoms with Gasteiger partial charge in [-0.1, -0.05) is 23.7 Å². The molecule has 0 aliphatic carbocycles. The molecule has 0 radical (unpaired) electrons. The van der Waals surface area contributed by atoms with Crippen molar-refractivity contribution in [2.75, 3.05) is 13.1 Å². The lowest BCUT2D eigenvalue weighted by molar-refractivity contribution is -0.0586. The van der Waals surface area contributed by atoms with Gasteiger partial charge >= 0.3 is 0 Å². The summed E-state index contributed by atoms with van der Waals surface area (Å²) in [5.74, 6) is 0.216. The Bertz CT molecular complexity index is 920. The summed E-state index contributed by atoms with van der Waals surface area (Å²) in [4.78, 5) is 27.3. The van der Waals surface area contributed by atoms with Gasteiger partial charge in [-0.05, 0) is 63.6 Å². The number of nitrogens with one attached hydrogen (secondary N) is 1. The Morgan fingerprint density at radius 2 is 1.77 bits per heavy atom. The largest absolute Gasteiger partial charge is 0.490 e. The fourth-order valence-electron chi connectivity index (χ4n) is 3.61. The third kappa shape index (κ3) is 6.21. The molecule has 31 heavy (non-hydrogen) atoms. The van der Waals surface area contributed by atoms with Crippen LogP contribution in [0.2, 0.25) is 5.02 Å². The van der Waals surface area contributed by atoms with E-state index in [-0.39, 0.29) is 30.1 Å². The lowest BCUT2D eigenvalue weighted by Gasteiger charge is -2.35. The molecule has 1 N–H and O–H groups in total. The molecule has 1 heterocycles. The van der Waals surface area contributed by atoms with Crippen molar-refractivity contribution in [3.8, 4) is 5.75 Å². The molecule has 1 aliphatic rings. The summed E-state index contributed by atoms with van der Waals surface area (Å²) in [5.41, 5.74) is 1.91. The highest BCUT2D eigenvalue weighted by atomic mass is 35.5. The van der Waals surface area contributed by atoms with Crippen molar-refractivity contribution < 1.29 is 19.1 Å². The first kappa shape index (κ1) is 23.1. The summed E-state index contributed by atoms with van der Waals surface area (Å²) in [6.45, 7) is 9.24. The second-order valence-corrected chi connectivity index (χ2v) is 8.59. The molecule has 0 aromatic heterocycles. The van der Waals surface area contributed by atoms with Gasteiger partial charge in [0.25, 0.3) is 11.8 Å². The van der Waals surface area contributed by atoms with Crippen LogP contribution in [0.25, 0.3) is 0 Å². The van der Waals surface area contributed by atoms with Crippen LogP contribution < -0.4 is 10.1 Å². The first-order valence-corrected chi connectivity index (χ1v) is 10.9. The minimum atomic E-state index is -0.269. The summed E-state index contributed by atoms with van der Waals surface area (Å²) >= 11 is 6.06. The molecule has 0 saturated carbocycles. The van der Waals surface area contributed by atoms with E-state index < -0.39 is 0 Å². The Morgan fingerprint density at radius 1 is 1.13 bits per heavy atom. The predicted molar refractivity (Wildman–Crippen MR) is 121 cm³/mol. The highest BCUT2D eigenvalue weighted by Crippen LogP contribution is 2.24. The van der Waals surface area contributed by atoms with Gasteiger partial charge in [0.1, 0.15) is 5.75 Å². The van der Waals surface area contributed by atoms with Crippen molar-refractivity contribution in [2.24, 2.45) is 0 Å². The van der Waals surface area contributed by atoms with Gasteiger partial charge in [-0.3, -0.25) is 9.59 Å². The van der Waals surface area contributed by atoms with Crippen molar-refractivity contribution in [1.29, 1.82) is 0 Å². The SMILES string of the molecule is CC(C)Oc1ccc(Cl)cc1C(=O)NCc1ccc(C(=O)N2CC(C)OC(C)C2)cc1. The van der Waals surface area contributed by atoms with Gasteiger partial charge in [0, 0.05) is 30.2 Å². The number of nitrogens with zero attached hydrogens (tertiary/aromatic N) is 1. The summed E-state index contributed by atoms with van der Waals surface area (Å²) in [6.07, 6.45) is -0.00766. The second kappa shape index (κ2) is 10.2. The van der Waals surface area contributed by atoms with E-state index in [1.165, 1.54) is 0 Å². The molecule has 2 unspecified atom stereocenters. The monoisotopic (exact) mass is 444 g/mol. The number of hydrogen-bond acceptors (Lipinski definition) is 4. The standard InChI is InChI=1S/C24H29ClN2O4/c1-15(2)30-22-10-9-20(25)11-21(22)23(28)26-12-18-5-7-19(8-6-18)24(29)27-13-16(3)31-17(4)14-27/h5-11,15-17H,12-14H2,1-4H3,(H,26,28). The Hall–Kier alpha value is -2.57. The number of benzene rings is 2. The number of ether oxygens (including phenoxy) is 2. The molecule has 166 valence electrons. The number of carbonyl (C=O) groups excluding carboxylic acids is 2. The highest BCUT2D eigenvalue weighted by Gasteiger charge is 2.26. The van der Waals surface area contributed by atoms with Crippen LogP contribution in [0, 0.1) is 0 Å². The molecule has 1 saturated heterocycles. The molecule has 2 aromatic carbocycles. The maximum absolute atomic E-state index is 12.8. The quantitative estimate of drug-likeness (QED) is 0.721. The topological polar surface area (TPSA) is 67.9 Å². The predicted octanol–water partition coefficient (Wildman–Crippen LogP) is 4.31. The second-order valence-electron chi connectivity index (χ2n) is 8.15. The number of halogens is 1. The molecule has 0 spiro atoms. The van der Waals surface area contributed by atoms with Crippen molar-refractivity contribution >= 4 is 23.4 Å². The molecule has 0 bridgehead atoms. The summed E-state index contributed by atoms with van der Waals surface area (Å²) < 4.78 is 11.4. The Balaban J connectivity index is 1.62. The number of carbonyl (C=O) groups is 2. The Kier molecular flexibility index (Phi) is 7.57. The Labute approximate surface area is 188 Å². The Morgan fingerprint density at radius 3 is 2.39 bits per heavy atom. The minimum absolute atomic E-state index is 0.00742. The summed E-state index contributed by atoms with van der Waals surface area (Å²) in [7, 11) is 0. The van der Waals surface area contributed by atoms with Crippen LogP contribution >= 0.6 is 11.6 Å². The van der Waals surface area contributed by atoms with Crippen molar-refractivity contribution in [3.63, 3.8) is 0 Å². The zero-order chi connectivity index (χ0) is 22.5. The summed E-state index contributed by atoms with van der Waals surface area (Å²) in [6, 6.07) is 12.3. The van der Waals surface area contributed by atoms with E-state index >= 15 is 0 Å². The van der Waals surface area contributed by atoms with Crippen molar-refractivity contribution in [1.82, 2.24) is 10.2 Å². The minimum Gasteiger partial charge on any atom is -0.490 e. The van der Waals surface area contributed by atoms with Crippen LogP contribution in [0.5, 0.6) is 5.75 Å². The zero-order valence-electron chi connectivity index (χ0n) is 18.4. The molecule has 2 aromatic rings. The van der Waals surface area contributed by atoms with E-state index in [2.05, 4.69) is 5.32 Å². The van der Waals surface area contributed by atoms with Crippen molar-refractivity contribution in [2.45, 2.75) is 52.6 Å². The molecule has 6 nitrogen and oxygen atoms in total. The number of morpholine rings is 1. The van der Waals surface area contributed by atoms with Crippen LogP contribution in [0.3, 0.4) is 0 Å².